The smallest absolute Gasteiger partial charge is 0.321 e. The highest BCUT2D eigenvalue weighted by atomic mass is 16.5. The van der Waals surface area contributed by atoms with E-state index < -0.39 is 0 Å². The number of nitrogens with zero attached hydrogens (tertiary/aromatic N) is 4. The van der Waals surface area contributed by atoms with E-state index in [0.29, 0.717) is 24.4 Å². The number of amides is 1. The summed E-state index contributed by atoms with van der Waals surface area (Å²) in [7, 11) is 0. The monoisotopic (exact) mass is 386 g/mol. The Balaban J connectivity index is 1.40. The van der Waals surface area contributed by atoms with E-state index in [0.717, 1.165) is 24.2 Å². The molecule has 1 aliphatic rings. The predicted molar refractivity (Wildman–Crippen MR) is 111 cm³/mol. The molecule has 0 saturated carbocycles. The Hall–Kier alpha value is -3.54. The number of aryl methyl sites for hydroxylation is 1. The van der Waals surface area contributed by atoms with E-state index in [4.69, 9.17) is 4.74 Å². The molecule has 2 aromatic heterocycles. The maximum absolute atomic E-state index is 12.9. The van der Waals surface area contributed by atoms with E-state index in [-0.39, 0.29) is 11.9 Å². The van der Waals surface area contributed by atoms with Gasteiger partial charge in [-0.15, -0.1) is 0 Å². The molecule has 6 heteroatoms. The lowest BCUT2D eigenvalue weighted by atomic mass is 10.0. The maximum Gasteiger partial charge on any atom is 0.321 e. The van der Waals surface area contributed by atoms with Crippen LogP contribution in [0.2, 0.25) is 0 Å². The van der Waals surface area contributed by atoms with Crippen LogP contribution in [0.1, 0.15) is 34.6 Å². The largest absolute Gasteiger partial charge is 0.424 e. The maximum atomic E-state index is 12.9. The average molecular weight is 386 g/mol. The molecule has 3 aromatic rings. The first-order valence-electron chi connectivity index (χ1n) is 9.65. The summed E-state index contributed by atoms with van der Waals surface area (Å²) >= 11 is 0. The minimum absolute atomic E-state index is 0.0113. The molecule has 0 radical (unpaired) electrons. The highest BCUT2D eigenvalue weighted by Gasteiger charge is 2.21. The topological polar surface area (TPSA) is 68.2 Å². The molecule has 146 valence electrons. The molecule has 6 nitrogen and oxygen atoms in total. The second-order valence-corrected chi connectivity index (χ2v) is 6.96. The lowest BCUT2D eigenvalue weighted by Gasteiger charge is -2.28. The quantitative estimate of drug-likeness (QED) is 0.669. The number of ether oxygens (including phenoxy) is 1. The molecule has 0 spiro atoms. The summed E-state index contributed by atoms with van der Waals surface area (Å²) in [6.45, 7) is 3.39. The fourth-order valence-corrected chi connectivity index (χ4v) is 3.31. The second kappa shape index (κ2) is 8.65. The van der Waals surface area contributed by atoms with Crippen LogP contribution in [-0.2, 0) is 0 Å². The molecule has 1 amide bonds. The van der Waals surface area contributed by atoms with Crippen LogP contribution in [0.3, 0.4) is 0 Å². The molecule has 1 aliphatic heterocycles. The molecule has 0 N–H and O–H groups in total. The first kappa shape index (κ1) is 18.8. The van der Waals surface area contributed by atoms with Crippen molar-refractivity contribution >= 4 is 12.0 Å². The molecule has 0 aliphatic carbocycles. The number of hydrogen-bond donors (Lipinski definition) is 0. The molecule has 1 fully saturated rings. The number of rotatable bonds is 4. The van der Waals surface area contributed by atoms with Crippen LogP contribution in [0.5, 0.6) is 11.8 Å². The Kier molecular flexibility index (Phi) is 5.61. The third-order valence-corrected chi connectivity index (χ3v) is 4.79. The van der Waals surface area contributed by atoms with Crippen molar-refractivity contribution in [3.63, 3.8) is 0 Å². The number of carbonyl (C=O) groups excluding carboxylic acids is 1. The fourth-order valence-electron chi connectivity index (χ4n) is 3.31. The lowest BCUT2D eigenvalue weighted by Crippen LogP contribution is -2.36. The Morgan fingerprint density at radius 3 is 2.55 bits per heavy atom. The first-order chi connectivity index (χ1) is 14.2. The van der Waals surface area contributed by atoms with Crippen LogP contribution in [0.4, 0.5) is 0 Å². The highest BCUT2D eigenvalue weighted by molar-refractivity contribution is 5.94. The van der Waals surface area contributed by atoms with E-state index in [2.05, 4.69) is 21.0 Å². The van der Waals surface area contributed by atoms with Crippen molar-refractivity contribution in [2.75, 3.05) is 13.1 Å². The summed E-state index contributed by atoms with van der Waals surface area (Å²) in [4.78, 5) is 27.4. The third-order valence-electron chi connectivity index (χ3n) is 4.79. The van der Waals surface area contributed by atoms with Crippen molar-refractivity contribution < 1.29 is 9.53 Å². The first-order valence-corrected chi connectivity index (χ1v) is 9.65. The van der Waals surface area contributed by atoms with Crippen molar-refractivity contribution in [3.05, 3.63) is 83.4 Å². The minimum Gasteiger partial charge on any atom is -0.424 e. The predicted octanol–water partition coefficient (Wildman–Crippen LogP) is 4.29. The number of carbonyl (C=O) groups is 1. The van der Waals surface area contributed by atoms with Gasteiger partial charge in [-0.3, -0.25) is 9.78 Å². The number of aromatic nitrogens is 3. The van der Waals surface area contributed by atoms with Crippen molar-refractivity contribution in [2.45, 2.75) is 19.8 Å². The lowest BCUT2D eigenvalue weighted by molar-refractivity contribution is 0.0743. The number of hydrogen-bond acceptors (Lipinski definition) is 5. The zero-order chi connectivity index (χ0) is 20.1. The fraction of sp³-hybridized carbons (Fsp3) is 0.217. The van der Waals surface area contributed by atoms with E-state index in [1.807, 2.05) is 42.2 Å². The molecule has 1 aromatic carbocycles. The Labute approximate surface area is 169 Å². The molecule has 29 heavy (non-hydrogen) atoms. The van der Waals surface area contributed by atoms with Gasteiger partial charge in [-0.1, -0.05) is 17.7 Å². The normalized spacial score (nSPS) is 13.8. The number of benzene rings is 1. The highest BCUT2D eigenvalue weighted by Crippen LogP contribution is 2.23. The number of likely N-dealkylation sites (tertiary alicyclic amines) is 1. The Morgan fingerprint density at radius 2 is 1.79 bits per heavy atom. The Morgan fingerprint density at radius 1 is 1.03 bits per heavy atom. The van der Waals surface area contributed by atoms with Gasteiger partial charge in [0.2, 0.25) is 0 Å². The second-order valence-electron chi connectivity index (χ2n) is 6.96. The molecular formula is C23H22N4O2. The van der Waals surface area contributed by atoms with Crippen molar-refractivity contribution in [2.24, 2.45) is 0 Å². The molecule has 3 heterocycles. The van der Waals surface area contributed by atoms with Crippen LogP contribution < -0.4 is 4.74 Å². The summed E-state index contributed by atoms with van der Waals surface area (Å²) in [5, 5.41) is 0. The van der Waals surface area contributed by atoms with E-state index in [9.17, 15) is 4.79 Å². The van der Waals surface area contributed by atoms with E-state index in [1.54, 1.807) is 30.6 Å². The van der Waals surface area contributed by atoms with Gasteiger partial charge in [-0.2, -0.15) is 0 Å². The van der Waals surface area contributed by atoms with Crippen LogP contribution in [0, 0.1) is 6.92 Å². The standard InChI is InChI=1S/C23H22N4O2/c1-17-5-2-7-20(26-17)15-18-9-13-27(14-10-18)22(28)19-6-3-8-21(16-19)29-23-24-11-4-12-25-23/h2-8,11-12,15-16H,9-10,13-14H2,1H3. The Bertz CT molecular complexity index is 1020. The SMILES string of the molecule is Cc1cccc(C=C2CCN(C(=O)c3cccc(Oc4ncccn4)c3)CC2)n1. The molecule has 0 atom stereocenters. The summed E-state index contributed by atoms with van der Waals surface area (Å²) in [5.74, 6) is 0.558. The van der Waals surface area contributed by atoms with Gasteiger partial charge in [0.05, 0.1) is 5.69 Å². The van der Waals surface area contributed by atoms with E-state index >= 15 is 0 Å². The van der Waals surface area contributed by atoms with Gasteiger partial charge in [-0.25, -0.2) is 9.97 Å². The van der Waals surface area contributed by atoms with Gasteiger partial charge in [-0.05, 0) is 62.2 Å². The molecule has 1 saturated heterocycles. The number of piperidine rings is 1. The van der Waals surface area contributed by atoms with Gasteiger partial charge >= 0.3 is 6.01 Å². The summed E-state index contributed by atoms with van der Waals surface area (Å²) in [6, 6.07) is 15.1. The summed E-state index contributed by atoms with van der Waals surface area (Å²) in [5.41, 5.74) is 3.92. The van der Waals surface area contributed by atoms with Crippen molar-refractivity contribution in [1.82, 2.24) is 19.9 Å². The van der Waals surface area contributed by atoms with Crippen molar-refractivity contribution in [3.8, 4) is 11.8 Å². The van der Waals surface area contributed by atoms with Gasteiger partial charge in [0.15, 0.2) is 0 Å². The van der Waals surface area contributed by atoms with Gasteiger partial charge < -0.3 is 9.64 Å². The average Bonchev–Trinajstić information content (AvgIpc) is 2.75. The third kappa shape index (κ3) is 4.85. The summed E-state index contributed by atoms with van der Waals surface area (Å²) < 4.78 is 5.64. The van der Waals surface area contributed by atoms with Crippen LogP contribution in [0.25, 0.3) is 6.08 Å². The van der Waals surface area contributed by atoms with Crippen LogP contribution >= 0.6 is 0 Å². The van der Waals surface area contributed by atoms with Crippen LogP contribution in [0.15, 0.2) is 66.5 Å². The molecular weight excluding hydrogens is 364 g/mol. The van der Waals surface area contributed by atoms with E-state index in [1.165, 1.54) is 5.57 Å². The van der Waals surface area contributed by atoms with Gasteiger partial charge in [0.25, 0.3) is 5.91 Å². The van der Waals surface area contributed by atoms with Crippen LogP contribution in [-0.4, -0.2) is 38.8 Å². The van der Waals surface area contributed by atoms with Gasteiger partial charge in [0.1, 0.15) is 5.75 Å². The molecule has 0 bridgehead atoms. The van der Waals surface area contributed by atoms with Gasteiger partial charge in [0, 0.05) is 36.7 Å². The minimum atomic E-state index is 0.0113. The number of pyridine rings is 1. The zero-order valence-electron chi connectivity index (χ0n) is 16.3. The van der Waals surface area contributed by atoms with Crippen molar-refractivity contribution in [1.29, 1.82) is 0 Å². The zero-order valence-corrected chi connectivity index (χ0v) is 16.3. The molecule has 4 rings (SSSR count). The summed E-state index contributed by atoms with van der Waals surface area (Å²) in [6.07, 6.45) is 7.08. The molecule has 0 unspecified atom stereocenters.